The van der Waals surface area contributed by atoms with Crippen LogP contribution in [0.5, 0.6) is 0 Å². The molecule has 0 aliphatic carbocycles. The number of aryl methyl sites for hydroxylation is 2. The average molecular weight is 295 g/mol. The van der Waals surface area contributed by atoms with E-state index in [2.05, 4.69) is 71.8 Å². The van der Waals surface area contributed by atoms with Crippen LogP contribution < -0.4 is 9.88 Å². The number of halogens is 1. The summed E-state index contributed by atoms with van der Waals surface area (Å²) in [5.74, 6) is 0. The fourth-order valence-corrected chi connectivity index (χ4v) is 6.36. The molecule has 0 spiro atoms. The summed E-state index contributed by atoms with van der Waals surface area (Å²) in [4.78, 5) is 0. The zero-order chi connectivity index (χ0) is 9.52. The van der Waals surface area contributed by atoms with Crippen molar-refractivity contribution in [1.29, 1.82) is 0 Å². The summed E-state index contributed by atoms with van der Waals surface area (Å²) in [6.45, 7) is 7.14. The van der Waals surface area contributed by atoms with E-state index in [4.69, 9.17) is 0 Å². The molecule has 0 unspecified atom stereocenters. The number of nitrogens with zero attached hydrogens (tertiary/aromatic N) is 2. The lowest BCUT2D eigenvalue weighted by atomic mass is 10.9. The van der Waals surface area contributed by atoms with Gasteiger partial charge in [-0.2, -0.15) is 0 Å². The third kappa shape index (κ3) is 1.73. The average Bonchev–Trinajstić information content (AvgIpc) is 2.05. The van der Waals surface area contributed by atoms with Crippen LogP contribution in [-0.4, -0.2) is 12.6 Å². The molecule has 68 valence electrons. The molecule has 0 saturated carbocycles. The van der Waals surface area contributed by atoms with Crippen molar-refractivity contribution in [2.45, 2.75) is 19.6 Å². The second kappa shape index (κ2) is 3.14. The summed E-state index contributed by atoms with van der Waals surface area (Å²) in [6, 6.07) is 0. The van der Waals surface area contributed by atoms with Crippen LogP contribution in [0.25, 0.3) is 0 Å². The minimum absolute atomic E-state index is 1.17. The summed E-state index contributed by atoms with van der Waals surface area (Å²) < 4.78 is 5.83. The Morgan fingerprint density at radius 3 is 2.08 bits per heavy atom. The van der Waals surface area contributed by atoms with E-state index in [-0.39, 0.29) is 0 Å². The lowest BCUT2D eigenvalue weighted by Gasteiger charge is -2.11. The minimum atomic E-state index is -1.17. The van der Waals surface area contributed by atoms with Gasteiger partial charge >= 0.3 is 0 Å². The monoisotopic (exact) mass is 295 g/mol. The third-order valence-corrected chi connectivity index (χ3v) is 5.71. The van der Waals surface area contributed by atoms with E-state index in [1.807, 2.05) is 0 Å². The number of hydrogen-bond acceptors (Lipinski definition) is 0. The Hall–Kier alpha value is 0.157. The van der Waals surface area contributed by atoms with E-state index in [1.54, 1.807) is 0 Å². The summed E-state index contributed by atoms with van der Waals surface area (Å²) in [7, 11) is 3.07. The summed E-state index contributed by atoms with van der Waals surface area (Å²) in [5, 5.41) is 1.53. The van der Waals surface area contributed by atoms with Crippen molar-refractivity contribution < 1.29 is 4.57 Å². The molecule has 0 aliphatic rings. The van der Waals surface area contributed by atoms with Gasteiger partial charge in [0.2, 0.25) is 10.0 Å². The Morgan fingerprint density at radius 1 is 1.42 bits per heavy atom. The molecule has 1 heterocycles. The standard InChI is InChI=1S/C8H16IN2Si/c1-10-6-11(2)8(7(10)9)12(3,4)5/h6H,1-5H3/q+1. The number of aromatic nitrogens is 2. The number of rotatable bonds is 1. The molecule has 0 bridgehead atoms. The molecule has 0 amide bonds. The van der Waals surface area contributed by atoms with Crippen molar-refractivity contribution in [2.24, 2.45) is 14.1 Å². The van der Waals surface area contributed by atoms with Crippen LogP contribution in [-0.2, 0) is 14.1 Å². The van der Waals surface area contributed by atoms with Gasteiger partial charge in [-0.25, -0.2) is 9.13 Å². The molecule has 12 heavy (non-hydrogen) atoms. The van der Waals surface area contributed by atoms with E-state index in [9.17, 15) is 0 Å². The Kier molecular flexibility index (Phi) is 2.68. The maximum absolute atomic E-state index is 2.43. The molecular weight excluding hydrogens is 279 g/mol. The predicted molar refractivity (Wildman–Crippen MR) is 62.3 cm³/mol. The maximum atomic E-state index is 2.43. The number of hydrogen-bond donors (Lipinski definition) is 0. The van der Waals surface area contributed by atoms with Crippen molar-refractivity contribution in [3.8, 4) is 0 Å². The SMILES string of the molecule is Cn1c[n+](C)c(I)c1[Si](C)(C)C. The summed E-state index contributed by atoms with van der Waals surface area (Å²) >= 11 is 2.43. The van der Waals surface area contributed by atoms with Gasteiger partial charge in [0.05, 0.1) is 14.1 Å². The van der Waals surface area contributed by atoms with E-state index < -0.39 is 8.07 Å². The Bertz CT molecular complexity index is 299. The lowest BCUT2D eigenvalue weighted by molar-refractivity contribution is -0.682. The Morgan fingerprint density at radius 2 is 1.92 bits per heavy atom. The van der Waals surface area contributed by atoms with Gasteiger partial charge < -0.3 is 0 Å². The van der Waals surface area contributed by atoms with Crippen LogP contribution in [0.1, 0.15) is 0 Å². The highest BCUT2D eigenvalue weighted by molar-refractivity contribution is 14.1. The molecule has 0 fully saturated rings. The van der Waals surface area contributed by atoms with Crippen LogP contribution in [0.15, 0.2) is 6.33 Å². The first kappa shape index (κ1) is 10.2. The topological polar surface area (TPSA) is 8.81 Å². The zero-order valence-electron chi connectivity index (χ0n) is 8.35. The van der Waals surface area contributed by atoms with Gasteiger partial charge in [0.15, 0.2) is 0 Å². The fraction of sp³-hybridized carbons (Fsp3) is 0.625. The van der Waals surface area contributed by atoms with Crippen LogP contribution in [0.4, 0.5) is 0 Å². The van der Waals surface area contributed by atoms with Crippen molar-refractivity contribution in [2.75, 3.05) is 0 Å². The molecule has 0 aliphatic heterocycles. The highest BCUT2D eigenvalue weighted by atomic mass is 127. The molecule has 0 radical (unpaired) electrons. The van der Waals surface area contributed by atoms with E-state index >= 15 is 0 Å². The highest BCUT2D eigenvalue weighted by Gasteiger charge is 2.30. The van der Waals surface area contributed by atoms with Crippen molar-refractivity contribution in [1.82, 2.24) is 4.57 Å². The fourth-order valence-electron chi connectivity index (χ4n) is 1.52. The van der Waals surface area contributed by atoms with Crippen molar-refractivity contribution >= 4 is 36.0 Å². The largest absolute Gasteiger partial charge is 0.244 e. The molecular formula is C8H16IN2Si+. The van der Waals surface area contributed by atoms with Crippen molar-refractivity contribution in [3.05, 3.63) is 10.0 Å². The predicted octanol–water partition coefficient (Wildman–Crippen LogP) is 0.999. The van der Waals surface area contributed by atoms with Crippen LogP contribution in [0.3, 0.4) is 0 Å². The second-order valence-electron chi connectivity index (χ2n) is 4.23. The molecule has 1 aromatic heterocycles. The van der Waals surface area contributed by atoms with E-state index in [0.29, 0.717) is 0 Å². The normalized spacial score (nSPS) is 12.2. The molecule has 1 rings (SSSR count). The number of imidazole rings is 1. The zero-order valence-corrected chi connectivity index (χ0v) is 11.5. The quantitative estimate of drug-likeness (QED) is 0.415. The van der Waals surface area contributed by atoms with Crippen LogP contribution in [0, 0.1) is 3.70 Å². The molecule has 0 aromatic carbocycles. The Balaban J connectivity index is 3.32. The van der Waals surface area contributed by atoms with Gasteiger partial charge in [-0.05, 0) is 0 Å². The molecule has 0 saturated heterocycles. The van der Waals surface area contributed by atoms with E-state index in [1.165, 1.54) is 9.02 Å². The smallest absolute Gasteiger partial charge is 0.240 e. The van der Waals surface area contributed by atoms with E-state index in [0.717, 1.165) is 0 Å². The molecule has 0 atom stereocenters. The van der Waals surface area contributed by atoms with Gasteiger partial charge in [0, 0.05) is 22.6 Å². The summed E-state index contributed by atoms with van der Waals surface area (Å²) in [5.41, 5.74) is 0. The summed E-state index contributed by atoms with van der Waals surface area (Å²) in [6.07, 6.45) is 2.15. The lowest BCUT2D eigenvalue weighted by Crippen LogP contribution is -2.46. The first-order chi connectivity index (χ1) is 5.34. The highest BCUT2D eigenvalue weighted by Crippen LogP contribution is 2.05. The van der Waals surface area contributed by atoms with Gasteiger partial charge in [-0.3, -0.25) is 0 Å². The molecule has 1 aromatic rings. The third-order valence-electron chi connectivity index (χ3n) is 1.91. The van der Waals surface area contributed by atoms with Crippen LogP contribution >= 0.6 is 22.6 Å². The van der Waals surface area contributed by atoms with Gasteiger partial charge in [0.25, 0.3) is 0 Å². The van der Waals surface area contributed by atoms with Crippen molar-refractivity contribution in [3.63, 3.8) is 0 Å². The minimum Gasteiger partial charge on any atom is -0.240 e. The van der Waals surface area contributed by atoms with Gasteiger partial charge in [0.1, 0.15) is 13.4 Å². The second-order valence-corrected chi connectivity index (χ2v) is 10.2. The maximum Gasteiger partial charge on any atom is 0.244 e. The molecule has 4 heteroatoms. The molecule has 0 N–H and O–H groups in total. The molecule has 2 nitrogen and oxygen atoms in total. The van der Waals surface area contributed by atoms with Gasteiger partial charge in [-0.15, -0.1) is 0 Å². The first-order valence-electron chi connectivity index (χ1n) is 4.05. The van der Waals surface area contributed by atoms with Crippen LogP contribution in [0.2, 0.25) is 19.6 Å². The Labute approximate surface area is 88.7 Å². The van der Waals surface area contributed by atoms with Gasteiger partial charge in [-0.1, -0.05) is 19.6 Å². The first-order valence-corrected chi connectivity index (χ1v) is 8.63.